The van der Waals surface area contributed by atoms with Gasteiger partial charge < -0.3 is 15.0 Å². The Hall–Kier alpha value is -2.53. The third kappa shape index (κ3) is 7.28. The number of carbonyl (C=O) groups excluding carboxylic acids is 2. The first kappa shape index (κ1) is 24.7. The number of benzene rings is 2. The topological polar surface area (TPSA) is 58.6 Å². The zero-order valence-corrected chi connectivity index (χ0v) is 19.8. The van der Waals surface area contributed by atoms with Crippen LogP contribution in [0.5, 0.6) is 5.75 Å². The Kier molecular flexibility index (Phi) is 9.38. The molecule has 5 nitrogen and oxygen atoms in total. The lowest BCUT2D eigenvalue weighted by Gasteiger charge is -2.31. The predicted molar refractivity (Wildman–Crippen MR) is 125 cm³/mol. The van der Waals surface area contributed by atoms with Crippen molar-refractivity contribution in [2.75, 3.05) is 13.2 Å². The van der Waals surface area contributed by atoms with Crippen molar-refractivity contribution in [2.24, 2.45) is 5.92 Å². The monoisotopic (exact) mass is 444 g/mol. The summed E-state index contributed by atoms with van der Waals surface area (Å²) >= 11 is 6.07. The van der Waals surface area contributed by atoms with Crippen molar-refractivity contribution in [1.29, 1.82) is 0 Å². The Bertz CT molecular complexity index is 898. The minimum atomic E-state index is -0.568. The molecule has 2 aromatic rings. The van der Waals surface area contributed by atoms with E-state index in [4.69, 9.17) is 16.3 Å². The van der Waals surface area contributed by atoms with Gasteiger partial charge in [-0.15, -0.1) is 0 Å². The molecule has 0 unspecified atom stereocenters. The molecule has 0 saturated heterocycles. The Labute approximate surface area is 190 Å². The summed E-state index contributed by atoms with van der Waals surface area (Å²) in [6.45, 7) is 10.7. The first-order valence-corrected chi connectivity index (χ1v) is 11.1. The second kappa shape index (κ2) is 11.8. The lowest BCUT2D eigenvalue weighted by molar-refractivity contribution is -0.143. The van der Waals surface area contributed by atoms with Gasteiger partial charge in [0.05, 0.1) is 0 Å². The fourth-order valence-electron chi connectivity index (χ4n) is 3.25. The van der Waals surface area contributed by atoms with E-state index >= 15 is 0 Å². The van der Waals surface area contributed by atoms with E-state index < -0.39 is 6.04 Å². The molecule has 0 radical (unpaired) electrons. The van der Waals surface area contributed by atoms with E-state index in [1.54, 1.807) is 23.1 Å². The van der Waals surface area contributed by atoms with Crippen molar-refractivity contribution in [2.45, 2.75) is 53.6 Å². The van der Waals surface area contributed by atoms with E-state index in [1.165, 1.54) is 0 Å². The smallest absolute Gasteiger partial charge is 0.261 e. The first-order chi connectivity index (χ1) is 14.7. The summed E-state index contributed by atoms with van der Waals surface area (Å²) < 4.78 is 5.74. The molecule has 0 aromatic heterocycles. The van der Waals surface area contributed by atoms with Crippen molar-refractivity contribution < 1.29 is 14.3 Å². The Balaban J connectivity index is 2.22. The minimum absolute atomic E-state index is 0.138. The van der Waals surface area contributed by atoms with Crippen LogP contribution in [0.3, 0.4) is 0 Å². The van der Waals surface area contributed by atoms with Crippen molar-refractivity contribution in [1.82, 2.24) is 10.2 Å². The quantitative estimate of drug-likeness (QED) is 0.566. The normalized spacial score (nSPS) is 11.8. The zero-order valence-electron chi connectivity index (χ0n) is 19.1. The van der Waals surface area contributed by atoms with Crippen LogP contribution in [0.1, 0.15) is 43.9 Å². The number of halogens is 1. The van der Waals surface area contributed by atoms with Gasteiger partial charge in [-0.3, -0.25) is 9.59 Å². The van der Waals surface area contributed by atoms with Gasteiger partial charge in [0.25, 0.3) is 5.91 Å². The number of rotatable bonds is 10. The second-order valence-electron chi connectivity index (χ2n) is 8.21. The molecule has 0 saturated carbocycles. The molecule has 168 valence electrons. The highest BCUT2D eigenvalue weighted by Crippen LogP contribution is 2.21. The number of hydrogen-bond donors (Lipinski definition) is 1. The summed E-state index contributed by atoms with van der Waals surface area (Å²) in [7, 11) is 0. The molecule has 31 heavy (non-hydrogen) atoms. The third-order valence-corrected chi connectivity index (χ3v) is 5.59. The highest BCUT2D eigenvalue weighted by molar-refractivity contribution is 6.31. The fourth-order valence-corrected chi connectivity index (χ4v) is 3.37. The number of nitrogens with one attached hydrogen (secondary N) is 1. The lowest BCUT2D eigenvalue weighted by atomic mass is 10.1. The Morgan fingerprint density at radius 2 is 1.81 bits per heavy atom. The predicted octanol–water partition coefficient (Wildman–Crippen LogP) is 4.92. The molecular formula is C25H33ClN2O3. The van der Waals surface area contributed by atoms with Crippen LogP contribution in [0.15, 0.2) is 42.5 Å². The average Bonchev–Trinajstić information content (AvgIpc) is 2.74. The summed E-state index contributed by atoms with van der Waals surface area (Å²) in [4.78, 5) is 27.7. The molecule has 1 N–H and O–H groups in total. The first-order valence-electron chi connectivity index (χ1n) is 10.7. The Morgan fingerprint density at radius 1 is 1.10 bits per heavy atom. The fraction of sp³-hybridized carbons (Fsp3) is 0.440. The molecule has 0 fully saturated rings. The van der Waals surface area contributed by atoms with Crippen LogP contribution in [-0.2, 0) is 16.1 Å². The number of hydrogen-bond acceptors (Lipinski definition) is 3. The van der Waals surface area contributed by atoms with Crippen LogP contribution in [0.4, 0.5) is 0 Å². The van der Waals surface area contributed by atoms with Crippen molar-refractivity contribution in [3.63, 3.8) is 0 Å². The van der Waals surface area contributed by atoms with E-state index in [2.05, 4.69) is 5.32 Å². The number of amides is 2. The number of carbonyl (C=O) groups is 2. The Morgan fingerprint density at radius 3 is 2.42 bits per heavy atom. The van der Waals surface area contributed by atoms with Crippen LogP contribution < -0.4 is 10.1 Å². The molecule has 2 rings (SSSR count). The van der Waals surface area contributed by atoms with E-state index in [-0.39, 0.29) is 18.4 Å². The molecular weight excluding hydrogens is 412 g/mol. The largest absolute Gasteiger partial charge is 0.484 e. The van der Waals surface area contributed by atoms with Crippen LogP contribution in [-0.4, -0.2) is 35.9 Å². The standard InChI is InChI=1S/C25H33ClN2O3/c1-6-23(25(30)27-14-17(2)3)28(15-20-10-8-7-9-18(20)4)24(29)16-31-21-11-12-22(26)19(5)13-21/h7-13,17,23H,6,14-16H2,1-5H3,(H,27,30)/t23-/m1/s1. The van der Waals surface area contributed by atoms with Crippen molar-refractivity contribution in [3.05, 3.63) is 64.2 Å². The van der Waals surface area contributed by atoms with Crippen LogP contribution in [0, 0.1) is 19.8 Å². The number of ether oxygens (including phenoxy) is 1. The summed E-state index contributed by atoms with van der Waals surface area (Å²) in [6, 6.07) is 12.6. The molecule has 2 amide bonds. The van der Waals surface area contributed by atoms with Crippen molar-refractivity contribution in [3.8, 4) is 5.75 Å². The van der Waals surface area contributed by atoms with Crippen LogP contribution >= 0.6 is 11.6 Å². The van der Waals surface area contributed by atoms with Crippen molar-refractivity contribution >= 4 is 23.4 Å². The van der Waals surface area contributed by atoms with Gasteiger partial charge in [-0.05, 0) is 61.1 Å². The molecule has 0 heterocycles. The highest BCUT2D eigenvalue weighted by Gasteiger charge is 2.29. The summed E-state index contributed by atoms with van der Waals surface area (Å²) in [5.41, 5.74) is 2.96. The van der Waals surface area contributed by atoms with Gasteiger partial charge in [0.1, 0.15) is 11.8 Å². The maximum atomic E-state index is 13.2. The average molecular weight is 445 g/mol. The highest BCUT2D eigenvalue weighted by atomic mass is 35.5. The van der Waals surface area contributed by atoms with Gasteiger partial charge in [-0.2, -0.15) is 0 Å². The summed E-state index contributed by atoms with van der Waals surface area (Å²) in [5, 5.41) is 3.61. The van der Waals surface area contributed by atoms with Gasteiger partial charge in [0, 0.05) is 18.1 Å². The van der Waals surface area contributed by atoms with E-state index in [0.717, 1.165) is 16.7 Å². The molecule has 0 spiro atoms. The minimum Gasteiger partial charge on any atom is -0.484 e. The van der Waals surface area contributed by atoms with Gasteiger partial charge in [0.2, 0.25) is 5.91 Å². The molecule has 0 bridgehead atoms. The SMILES string of the molecule is CC[C@H](C(=O)NCC(C)C)N(Cc1ccccc1C)C(=O)COc1ccc(Cl)c(C)c1. The zero-order chi connectivity index (χ0) is 23.0. The molecule has 0 aliphatic rings. The van der Waals surface area contributed by atoms with E-state index in [0.29, 0.717) is 36.2 Å². The molecule has 0 aliphatic carbocycles. The molecule has 0 aliphatic heterocycles. The van der Waals surface area contributed by atoms with Crippen LogP contribution in [0.2, 0.25) is 5.02 Å². The second-order valence-corrected chi connectivity index (χ2v) is 8.62. The van der Waals surface area contributed by atoms with E-state index in [9.17, 15) is 9.59 Å². The maximum absolute atomic E-state index is 13.2. The third-order valence-electron chi connectivity index (χ3n) is 5.16. The maximum Gasteiger partial charge on any atom is 0.261 e. The molecule has 6 heteroatoms. The summed E-state index contributed by atoms with van der Waals surface area (Å²) in [5.74, 6) is 0.532. The van der Waals surface area contributed by atoms with Crippen LogP contribution in [0.25, 0.3) is 0 Å². The van der Waals surface area contributed by atoms with E-state index in [1.807, 2.05) is 58.9 Å². The van der Waals surface area contributed by atoms with Gasteiger partial charge in [-0.1, -0.05) is 56.6 Å². The van der Waals surface area contributed by atoms with Gasteiger partial charge in [-0.25, -0.2) is 0 Å². The van der Waals surface area contributed by atoms with Gasteiger partial charge >= 0.3 is 0 Å². The summed E-state index contributed by atoms with van der Waals surface area (Å²) in [6.07, 6.45) is 0.515. The van der Waals surface area contributed by atoms with Gasteiger partial charge in [0.15, 0.2) is 6.61 Å². The lowest BCUT2D eigenvalue weighted by Crippen LogP contribution is -2.50. The molecule has 2 aromatic carbocycles. The molecule has 1 atom stereocenters. The number of nitrogens with zero attached hydrogens (tertiary/aromatic N) is 1. The number of aryl methyl sites for hydroxylation is 2.